The molecule has 0 bridgehead atoms. The number of likely N-dealkylation sites (tertiary alicyclic amines) is 1. The fraction of sp³-hybridized carbons (Fsp3) is 0.889. The molecule has 2 nitrogen and oxygen atoms in total. The van der Waals surface area contributed by atoms with Crippen LogP contribution in [-0.4, -0.2) is 28.7 Å². The van der Waals surface area contributed by atoms with Gasteiger partial charge in [-0.05, 0) is 11.8 Å². The zero-order valence-corrected chi connectivity index (χ0v) is 9.52. The Labute approximate surface area is 82.4 Å². The van der Waals surface area contributed by atoms with Gasteiger partial charge in [0.2, 0.25) is 5.91 Å². The van der Waals surface area contributed by atoms with Crippen LogP contribution in [0, 0.1) is 5.41 Å². The van der Waals surface area contributed by atoms with E-state index in [9.17, 15) is 4.79 Å². The van der Waals surface area contributed by atoms with E-state index in [1.807, 2.05) is 4.90 Å². The third kappa shape index (κ3) is 2.47. The summed E-state index contributed by atoms with van der Waals surface area (Å²) < 4.78 is 0. The third-order valence-electron chi connectivity index (χ3n) is 1.90. The molecule has 1 amide bonds. The topological polar surface area (TPSA) is 20.3 Å². The van der Waals surface area contributed by atoms with Crippen molar-refractivity contribution >= 4 is 21.8 Å². The molecule has 0 radical (unpaired) electrons. The summed E-state index contributed by atoms with van der Waals surface area (Å²) in [5.74, 6) is 0.255. The van der Waals surface area contributed by atoms with Gasteiger partial charge in [0.05, 0.1) is 4.83 Å². The van der Waals surface area contributed by atoms with Crippen molar-refractivity contribution in [2.24, 2.45) is 5.41 Å². The van der Waals surface area contributed by atoms with Gasteiger partial charge in [0.15, 0.2) is 0 Å². The Balaban J connectivity index is 2.50. The van der Waals surface area contributed by atoms with Crippen molar-refractivity contribution in [3.8, 4) is 0 Å². The molecule has 1 atom stereocenters. The molecule has 70 valence electrons. The van der Waals surface area contributed by atoms with Crippen molar-refractivity contribution in [2.45, 2.75) is 32.0 Å². The van der Waals surface area contributed by atoms with Crippen LogP contribution < -0.4 is 0 Å². The molecule has 0 saturated carbocycles. The standard InChI is InChI=1S/C9H16BrNO/c1-9(2,3)6-11-5-4-7(10)8(11)12/h7H,4-6H2,1-3H3. The highest BCUT2D eigenvalue weighted by Crippen LogP contribution is 2.23. The molecule has 1 heterocycles. The Kier molecular flexibility index (Phi) is 2.81. The quantitative estimate of drug-likeness (QED) is 0.635. The molecule has 0 aliphatic carbocycles. The van der Waals surface area contributed by atoms with Crippen LogP contribution in [0.4, 0.5) is 0 Å². The minimum absolute atomic E-state index is 0.0693. The second-order valence-corrected chi connectivity index (χ2v) is 5.68. The Morgan fingerprint density at radius 1 is 1.58 bits per heavy atom. The monoisotopic (exact) mass is 233 g/mol. The lowest BCUT2D eigenvalue weighted by Gasteiger charge is -2.26. The van der Waals surface area contributed by atoms with Crippen LogP contribution >= 0.6 is 15.9 Å². The van der Waals surface area contributed by atoms with Crippen LogP contribution in [0.25, 0.3) is 0 Å². The molecule has 0 spiro atoms. The summed E-state index contributed by atoms with van der Waals surface area (Å²) in [7, 11) is 0. The number of nitrogens with zero attached hydrogens (tertiary/aromatic N) is 1. The number of alkyl halides is 1. The molecular formula is C9H16BrNO. The van der Waals surface area contributed by atoms with Crippen molar-refractivity contribution < 1.29 is 4.79 Å². The van der Waals surface area contributed by atoms with Crippen molar-refractivity contribution in [3.05, 3.63) is 0 Å². The van der Waals surface area contributed by atoms with E-state index in [2.05, 4.69) is 36.7 Å². The van der Waals surface area contributed by atoms with Gasteiger partial charge in [-0.15, -0.1) is 0 Å². The highest BCUT2D eigenvalue weighted by molar-refractivity contribution is 9.10. The van der Waals surface area contributed by atoms with Gasteiger partial charge in [-0.3, -0.25) is 4.79 Å². The minimum Gasteiger partial charge on any atom is -0.341 e. The van der Waals surface area contributed by atoms with Crippen molar-refractivity contribution in [1.82, 2.24) is 4.90 Å². The average Bonchev–Trinajstić information content (AvgIpc) is 2.16. The van der Waals surface area contributed by atoms with E-state index in [0.29, 0.717) is 0 Å². The summed E-state index contributed by atoms with van der Waals surface area (Å²) in [6, 6.07) is 0. The van der Waals surface area contributed by atoms with Gasteiger partial charge in [-0.1, -0.05) is 36.7 Å². The first kappa shape index (κ1) is 10.0. The third-order valence-corrected chi connectivity index (χ3v) is 2.75. The van der Waals surface area contributed by atoms with Crippen LogP contribution in [0.15, 0.2) is 0 Å². The van der Waals surface area contributed by atoms with Crippen molar-refractivity contribution in [1.29, 1.82) is 0 Å². The highest BCUT2D eigenvalue weighted by atomic mass is 79.9. The van der Waals surface area contributed by atoms with Gasteiger partial charge in [0.25, 0.3) is 0 Å². The minimum atomic E-state index is 0.0693. The summed E-state index contributed by atoms with van der Waals surface area (Å²) in [6.45, 7) is 8.24. The van der Waals surface area contributed by atoms with E-state index < -0.39 is 0 Å². The van der Waals surface area contributed by atoms with E-state index in [4.69, 9.17) is 0 Å². The van der Waals surface area contributed by atoms with E-state index in [1.54, 1.807) is 0 Å². The van der Waals surface area contributed by atoms with Crippen LogP contribution in [0.1, 0.15) is 27.2 Å². The Bertz CT molecular complexity index is 185. The molecule has 1 saturated heterocycles. The number of carbonyl (C=O) groups excluding carboxylic acids is 1. The highest BCUT2D eigenvalue weighted by Gasteiger charge is 2.31. The number of carbonyl (C=O) groups is 1. The largest absolute Gasteiger partial charge is 0.341 e. The summed E-state index contributed by atoms with van der Waals surface area (Å²) in [5.41, 5.74) is 0.215. The molecule has 0 aromatic carbocycles. The van der Waals surface area contributed by atoms with Crippen molar-refractivity contribution in [3.63, 3.8) is 0 Å². The second kappa shape index (κ2) is 3.36. The molecule has 0 aromatic rings. The molecule has 0 aromatic heterocycles. The average molecular weight is 234 g/mol. The smallest absolute Gasteiger partial charge is 0.236 e. The molecule has 1 fully saturated rings. The van der Waals surface area contributed by atoms with Gasteiger partial charge in [-0.2, -0.15) is 0 Å². The maximum absolute atomic E-state index is 11.5. The maximum atomic E-state index is 11.5. The van der Waals surface area contributed by atoms with Crippen molar-refractivity contribution in [2.75, 3.05) is 13.1 Å². The molecule has 1 aliphatic rings. The lowest BCUT2D eigenvalue weighted by Crippen LogP contribution is -2.35. The zero-order chi connectivity index (χ0) is 9.35. The van der Waals surface area contributed by atoms with Gasteiger partial charge in [-0.25, -0.2) is 0 Å². The molecule has 1 unspecified atom stereocenters. The predicted octanol–water partition coefficient (Wildman–Crippen LogP) is 2.03. The van der Waals surface area contributed by atoms with E-state index in [-0.39, 0.29) is 16.1 Å². The number of rotatable bonds is 1. The first-order chi connectivity index (χ1) is 5.40. The molecule has 0 N–H and O–H groups in total. The Morgan fingerprint density at radius 3 is 2.50 bits per heavy atom. The van der Waals surface area contributed by atoms with Gasteiger partial charge in [0, 0.05) is 13.1 Å². The van der Waals surface area contributed by atoms with Gasteiger partial charge < -0.3 is 4.90 Å². The van der Waals surface area contributed by atoms with E-state index in [0.717, 1.165) is 19.5 Å². The summed E-state index contributed by atoms with van der Waals surface area (Å²) in [4.78, 5) is 13.5. The Morgan fingerprint density at radius 2 is 2.17 bits per heavy atom. The molecule has 1 aliphatic heterocycles. The number of amides is 1. The first-order valence-electron chi connectivity index (χ1n) is 4.33. The number of hydrogen-bond donors (Lipinski definition) is 0. The van der Waals surface area contributed by atoms with Crippen LogP contribution in [0.5, 0.6) is 0 Å². The molecule has 1 rings (SSSR count). The van der Waals surface area contributed by atoms with E-state index >= 15 is 0 Å². The van der Waals surface area contributed by atoms with Crippen LogP contribution in [0.3, 0.4) is 0 Å². The lowest BCUT2D eigenvalue weighted by molar-refractivity contribution is -0.128. The predicted molar refractivity (Wildman–Crippen MR) is 53.4 cm³/mol. The summed E-state index contributed by atoms with van der Waals surface area (Å²) in [5, 5.41) is 0. The maximum Gasteiger partial charge on any atom is 0.236 e. The zero-order valence-electron chi connectivity index (χ0n) is 7.93. The first-order valence-corrected chi connectivity index (χ1v) is 5.24. The molecular weight excluding hydrogens is 218 g/mol. The summed E-state index contributed by atoms with van der Waals surface area (Å²) in [6.07, 6.45) is 0.953. The second-order valence-electron chi connectivity index (χ2n) is 4.58. The molecule has 12 heavy (non-hydrogen) atoms. The summed E-state index contributed by atoms with van der Waals surface area (Å²) >= 11 is 3.36. The number of halogens is 1. The number of hydrogen-bond acceptors (Lipinski definition) is 1. The normalized spacial score (nSPS) is 25.2. The van der Waals surface area contributed by atoms with Crippen LogP contribution in [-0.2, 0) is 4.79 Å². The fourth-order valence-electron chi connectivity index (χ4n) is 1.43. The lowest BCUT2D eigenvalue weighted by atomic mass is 9.96. The van der Waals surface area contributed by atoms with Gasteiger partial charge >= 0.3 is 0 Å². The molecule has 3 heteroatoms. The Hall–Kier alpha value is -0.0500. The fourth-order valence-corrected chi connectivity index (χ4v) is 1.92. The SMILES string of the molecule is CC(C)(C)CN1CCC(Br)C1=O. The van der Waals surface area contributed by atoms with Gasteiger partial charge in [0.1, 0.15) is 0 Å². The van der Waals surface area contributed by atoms with Crippen LogP contribution in [0.2, 0.25) is 0 Å². The van der Waals surface area contributed by atoms with E-state index in [1.165, 1.54) is 0 Å².